The number of nitrogens with one attached hydrogen (secondary N) is 2. The number of aromatic nitrogens is 4. The standard InChI is InChI=1S/C18H15BrN6/c19-12-7-5-11(6-8-12)15-9-16(23-22-15)17-21-18-13-3-1-2-4-14(13)20-10-25(18)24-17/h1-8,10,15-16,22-23H,9H2. The fourth-order valence-corrected chi connectivity index (χ4v) is 3.55. The lowest BCUT2D eigenvalue weighted by Crippen LogP contribution is -2.27. The van der Waals surface area contributed by atoms with Gasteiger partial charge in [0.15, 0.2) is 11.5 Å². The second kappa shape index (κ2) is 5.87. The monoisotopic (exact) mass is 394 g/mol. The number of hydrogen-bond donors (Lipinski definition) is 2. The van der Waals surface area contributed by atoms with Crippen LogP contribution in [0.1, 0.15) is 29.9 Å². The molecule has 0 aliphatic carbocycles. The summed E-state index contributed by atoms with van der Waals surface area (Å²) in [6.07, 6.45) is 2.62. The van der Waals surface area contributed by atoms with E-state index < -0.39 is 0 Å². The Kier molecular flexibility index (Phi) is 3.51. The molecule has 1 aliphatic rings. The van der Waals surface area contributed by atoms with E-state index in [1.807, 2.05) is 24.3 Å². The van der Waals surface area contributed by atoms with Gasteiger partial charge in [-0.2, -0.15) is 0 Å². The van der Waals surface area contributed by atoms with Gasteiger partial charge in [0, 0.05) is 15.9 Å². The maximum absolute atomic E-state index is 4.77. The number of rotatable bonds is 2. The first-order valence-electron chi connectivity index (χ1n) is 8.14. The van der Waals surface area contributed by atoms with E-state index in [1.165, 1.54) is 5.56 Å². The molecule has 25 heavy (non-hydrogen) atoms. The van der Waals surface area contributed by atoms with Crippen molar-refractivity contribution in [2.45, 2.75) is 18.5 Å². The van der Waals surface area contributed by atoms with Gasteiger partial charge in [0.05, 0.1) is 11.6 Å². The zero-order chi connectivity index (χ0) is 16.8. The summed E-state index contributed by atoms with van der Waals surface area (Å²) in [5.74, 6) is 0.783. The van der Waals surface area contributed by atoms with Crippen LogP contribution in [0.4, 0.5) is 0 Å². The maximum atomic E-state index is 4.77. The van der Waals surface area contributed by atoms with E-state index in [9.17, 15) is 0 Å². The number of hydrazine groups is 1. The molecule has 0 spiro atoms. The molecule has 2 atom stereocenters. The summed E-state index contributed by atoms with van der Waals surface area (Å²) in [7, 11) is 0. The molecule has 1 aliphatic heterocycles. The SMILES string of the molecule is Brc1ccc(C2CC(c3nc4c5ccccc5ncn4n3)NN2)cc1. The molecule has 7 heteroatoms. The van der Waals surface area contributed by atoms with Crippen molar-refractivity contribution in [3.05, 3.63) is 70.7 Å². The highest BCUT2D eigenvalue weighted by Crippen LogP contribution is 2.30. The summed E-state index contributed by atoms with van der Waals surface area (Å²) in [6.45, 7) is 0. The molecule has 0 bridgehead atoms. The molecule has 4 aromatic rings. The first-order valence-corrected chi connectivity index (χ1v) is 8.94. The second-order valence-electron chi connectivity index (χ2n) is 6.18. The fraction of sp³-hybridized carbons (Fsp3) is 0.167. The van der Waals surface area contributed by atoms with Crippen molar-refractivity contribution < 1.29 is 0 Å². The van der Waals surface area contributed by atoms with E-state index in [-0.39, 0.29) is 12.1 Å². The number of hydrogen-bond acceptors (Lipinski definition) is 5. The third-order valence-electron chi connectivity index (χ3n) is 4.59. The van der Waals surface area contributed by atoms with Gasteiger partial charge in [-0.25, -0.2) is 25.3 Å². The molecule has 2 unspecified atom stereocenters. The highest BCUT2D eigenvalue weighted by atomic mass is 79.9. The first kappa shape index (κ1) is 14.9. The molecule has 0 saturated carbocycles. The Hall–Kier alpha value is -2.35. The van der Waals surface area contributed by atoms with Crippen molar-refractivity contribution in [3.8, 4) is 0 Å². The number of para-hydroxylation sites is 1. The molecule has 1 fully saturated rings. The van der Waals surface area contributed by atoms with Crippen LogP contribution in [0.5, 0.6) is 0 Å². The average Bonchev–Trinajstić information content (AvgIpc) is 3.29. The van der Waals surface area contributed by atoms with Crippen LogP contribution in [-0.2, 0) is 0 Å². The van der Waals surface area contributed by atoms with Gasteiger partial charge >= 0.3 is 0 Å². The van der Waals surface area contributed by atoms with Crippen LogP contribution in [0.15, 0.2) is 59.3 Å². The molecular formula is C18H15BrN6. The van der Waals surface area contributed by atoms with Crippen molar-refractivity contribution in [1.29, 1.82) is 0 Å². The zero-order valence-corrected chi connectivity index (χ0v) is 14.8. The Morgan fingerprint density at radius 2 is 1.80 bits per heavy atom. The van der Waals surface area contributed by atoms with Crippen molar-refractivity contribution in [3.63, 3.8) is 0 Å². The highest BCUT2D eigenvalue weighted by Gasteiger charge is 2.29. The summed E-state index contributed by atoms with van der Waals surface area (Å²) >= 11 is 3.48. The van der Waals surface area contributed by atoms with Gasteiger partial charge in [-0.3, -0.25) is 0 Å². The van der Waals surface area contributed by atoms with E-state index in [2.05, 4.69) is 61.1 Å². The van der Waals surface area contributed by atoms with Gasteiger partial charge in [-0.1, -0.05) is 40.2 Å². The molecule has 0 amide bonds. The minimum atomic E-state index is 0.0623. The van der Waals surface area contributed by atoms with Crippen LogP contribution in [0.2, 0.25) is 0 Å². The average molecular weight is 395 g/mol. The topological polar surface area (TPSA) is 67.1 Å². The quantitative estimate of drug-likeness (QED) is 0.545. The van der Waals surface area contributed by atoms with Gasteiger partial charge in [0.1, 0.15) is 6.33 Å². The Morgan fingerprint density at radius 3 is 2.68 bits per heavy atom. The molecule has 124 valence electrons. The van der Waals surface area contributed by atoms with Crippen molar-refractivity contribution in [1.82, 2.24) is 30.4 Å². The fourth-order valence-electron chi connectivity index (χ4n) is 3.28. The Labute approximate surface area is 152 Å². The minimum Gasteiger partial charge on any atom is -0.250 e. The molecule has 3 heterocycles. The predicted molar refractivity (Wildman–Crippen MR) is 98.8 cm³/mol. The maximum Gasteiger partial charge on any atom is 0.170 e. The summed E-state index contributed by atoms with van der Waals surface area (Å²) in [5, 5.41) is 5.63. The van der Waals surface area contributed by atoms with Crippen LogP contribution in [0.25, 0.3) is 16.6 Å². The lowest BCUT2D eigenvalue weighted by Gasteiger charge is -2.09. The van der Waals surface area contributed by atoms with Gasteiger partial charge in [0.25, 0.3) is 0 Å². The normalized spacial score (nSPS) is 20.5. The smallest absolute Gasteiger partial charge is 0.170 e. The molecule has 6 nitrogen and oxygen atoms in total. The number of benzene rings is 2. The molecule has 2 N–H and O–H groups in total. The predicted octanol–water partition coefficient (Wildman–Crippen LogP) is 3.32. The highest BCUT2D eigenvalue weighted by molar-refractivity contribution is 9.10. The molecule has 0 radical (unpaired) electrons. The van der Waals surface area contributed by atoms with E-state index in [0.29, 0.717) is 0 Å². The van der Waals surface area contributed by atoms with Gasteiger partial charge in [-0.15, -0.1) is 5.10 Å². The van der Waals surface area contributed by atoms with Crippen LogP contribution < -0.4 is 10.9 Å². The molecule has 2 aromatic heterocycles. The van der Waals surface area contributed by atoms with E-state index in [4.69, 9.17) is 4.98 Å². The first-order chi connectivity index (χ1) is 12.3. The Bertz CT molecular complexity index is 1060. The number of halogens is 1. The summed E-state index contributed by atoms with van der Waals surface area (Å²) < 4.78 is 2.84. The van der Waals surface area contributed by atoms with E-state index in [1.54, 1.807) is 10.8 Å². The van der Waals surface area contributed by atoms with Crippen LogP contribution in [0, 0.1) is 0 Å². The van der Waals surface area contributed by atoms with Crippen molar-refractivity contribution >= 4 is 32.5 Å². The van der Waals surface area contributed by atoms with Crippen LogP contribution in [0.3, 0.4) is 0 Å². The van der Waals surface area contributed by atoms with Crippen molar-refractivity contribution in [2.75, 3.05) is 0 Å². The number of nitrogens with zero attached hydrogens (tertiary/aromatic N) is 4. The minimum absolute atomic E-state index is 0.0623. The van der Waals surface area contributed by atoms with Gasteiger partial charge in [0.2, 0.25) is 0 Å². The summed E-state index contributed by atoms with van der Waals surface area (Å²) in [4.78, 5) is 9.21. The Balaban J connectivity index is 1.47. The van der Waals surface area contributed by atoms with Crippen LogP contribution in [-0.4, -0.2) is 19.6 Å². The van der Waals surface area contributed by atoms with Crippen LogP contribution >= 0.6 is 15.9 Å². The zero-order valence-electron chi connectivity index (χ0n) is 13.2. The van der Waals surface area contributed by atoms with Gasteiger partial charge in [-0.05, 0) is 36.2 Å². The van der Waals surface area contributed by atoms with E-state index in [0.717, 1.165) is 33.3 Å². The third kappa shape index (κ3) is 2.60. The molecule has 1 saturated heterocycles. The lowest BCUT2D eigenvalue weighted by atomic mass is 10.0. The molecule has 2 aromatic carbocycles. The molecule has 5 rings (SSSR count). The lowest BCUT2D eigenvalue weighted by molar-refractivity contribution is 0.540. The number of fused-ring (bicyclic) bond motifs is 3. The summed E-state index contributed by atoms with van der Waals surface area (Å²) in [6, 6.07) is 16.7. The second-order valence-corrected chi connectivity index (χ2v) is 7.10. The third-order valence-corrected chi connectivity index (χ3v) is 5.11. The van der Waals surface area contributed by atoms with E-state index >= 15 is 0 Å². The largest absolute Gasteiger partial charge is 0.250 e. The molecular weight excluding hydrogens is 380 g/mol. The van der Waals surface area contributed by atoms with Crippen molar-refractivity contribution in [2.24, 2.45) is 0 Å². The summed E-state index contributed by atoms with van der Waals surface area (Å²) in [5.41, 5.74) is 9.69. The van der Waals surface area contributed by atoms with Gasteiger partial charge < -0.3 is 0 Å². The Morgan fingerprint density at radius 1 is 1.00 bits per heavy atom.